The van der Waals surface area contributed by atoms with E-state index in [1.165, 1.54) is 5.56 Å². The molecule has 140 valence electrons. The lowest BCUT2D eigenvalue weighted by Gasteiger charge is -2.23. The van der Waals surface area contributed by atoms with Gasteiger partial charge in [-0.25, -0.2) is 0 Å². The van der Waals surface area contributed by atoms with Crippen molar-refractivity contribution in [1.29, 1.82) is 0 Å². The van der Waals surface area contributed by atoms with Crippen LogP contribution in [0.2, 0.25) is 0 Å². The Morgan fingerprint density at radius 3 is 2.48 bits per heavy atom. The number of hydrogen-bond acceptors (Lipinski definition) is 4. The SMILES string of the molecule is CN(C)CCN(C)C[C@H]1CC[C@@H](Cc2cccc(C(=O)N(C)C)c2)O1. The third kappa shape index (κ3) is 6.42. The zero-order valence-electron chi connectivity index (χ0n) is 16.4. The molecule has 0 bridgehead atoms. The first kappa shape index (κ1) is 19.9. The number of carbonyl (C=O) groups excluding carboxylic acids is 1. The summed E-state index contributed by atoms with van der Waals surface area (Å²) in [5, 5.41) is 0. The maximum atomic E-state index is 12.1. The Hall–Kier alpha value is -1.43. The lowest BCUT2D eigenvalue weighted by atomic mass is 10.0. The molecule has 2 atom stereocenters. The van der Waals surface area contributed by atoms with Gasteiger partial charge in [-0.05, 0) is 58.1 Å². The minimum Gasteiger partial charge on any atom is -0.373 e. The second-order valence-electron chi connectivity index (χ2n) is 7.63. The van der Waals surface area contributed by atoms with Crippen molar-refractivity contribution in [2.75, 3.05) is 54.9 Å². The van der Waals surface area contributed by atoms with E-state index in [1.54, 1.807) is 19.0 Å². The summed E-state index contributed by atoms with van der Waals surface area (Å²) in [5.74, 6) is 0.0505. The van der Waals surface area contributed by atoms with Crippen molar-refractivity contribution < 1.29 is 9.53 Å². The number of ether oxygens (including phenoxy) is 1. The normalized spacial score (nSPS) is 20.4. The van der Waals surface area contributed by atoms with Crippen LogP contribution in [-0.2, 0) is 11.2 Å². The molecular weight excluding hydrogens is 314 g/mol. The molecule has 1 aromatic carbocycles. The average Bonchev–Trinajstić information content (AvgIpc) is 2.99. The second-order valence-corrected chi connectivity index (χ2v) is 7.63. The van der Waals surface area contributed by atoms with Crippen LogP contribution in [-0.4, -0.2) is 87.7 Å². The predicted octanol–water partition coefficient (Wildman–Crippen LogP) is 1.97. The van der Waals surface area contributed by atoms with E-state index in [1.807, 2.05) is 18.2 Å². The molecule has 0 saturated carbocycles. The topological polar surface area (TPSA) is 36.0 Å². The number of carbonyl (C=O) groups is 1. The Labute approximate surface area is 152 Å². The molecule has 0 aliphatic carbocycles. The largest absolute Gasteiger partial charge is 0.373 e. The smallest absolute Gasteiger partial charge is 0.253 e. The van der Waals surface area contributed by atoms with E-state index in [2.05, 4.69) is 37.0 Å². The van der Waals surface area contributed by atoms with Crippen molar-refractivity contribution in [3.05, 3.63) is 35.4 Å². The fourth-order valence-electron chi connectivity index (χ4n) is 3.23. The third-order valence-corrected chi connectivity index (χ3v) is 4.68. The molecule has 1 aromatic rings. The highest BCUT2D eigenvalue weighted by atomic mass is 16.5. The number of amides is 1. The first-order chi connectivity index (χ1) is 11.8. The van der Waals surface area contributed by atoms with E-state index in [4.69, 9.17) is 4.74 Å². The molecule has 2 rings (SSSR count). The number of rotatable bonds is 8. The maximum Gasteiger partial charge on any atom is 0.253 e. The highest BCUT2D eigenvalue weighted by Crippen LogP contribution is 2.24. The van der Waals surface area contributed by atoms with Crippen molar-refractivity contribution >= 4 is 5.91 Å². The fourth-order valence-corrected chi connectivity index (χ4v) is 3.23. The molecule has 0 radical (unpaired) electrons. The molecule has 25 heavy (non-hydrogen) atoms. The quantitative estimate of drug-likeness (QED) is 0.720. The van der Waals surface area contributed by atoms with E-state index < -0.39 is 0 Å². The van der Waals surface area contributed by atoms with Crippen LogP contribution in [0, 0.1) is 0 Å². The summed E-state index contributed by atoms with van der Waals surface area (Å²) in [6.45, 7) is 3.12. The summed E-state index contributed by atoms with van der Waals surface area (Å²) in [6, 6.07) is 7.94. The lowest BCUT2D eigenvalue weighted by Crippen LogP contribution is -2.34. The molecule has 5 nitrogen and oxygen atoms in total. The molecule has 0 spiro atoms. The second kappa shape index (κ2) is 9.32. The predicted molar refractivity (Wildman–Crippen MR) is 102 cm³/mol. The Kier molecular flexibility index (Phi) is 7.41. The Morgan fingerprint density at radius 2 is 1.80 bits per heavy atom. The van der Waals surface area contributed by atoms with Gasteiger partial charge in [0.05, 0.1) is 12.2 Å². The van der Waals surface area contributed by atoms with Crippen LogP contribution >= 0.6 is 0 Å². The number of hydrogen-bond donors (Lipinski definition) is 0. The van der Waals surface area contributed by atoms with Crippen LogP contribution in [0.25, 0.3) is 0 Å². The average molecular weight is 348 g/mol. The molecule has 1 aliphatic heterocycles. The molecule has 0 aromatic heterocycles. The van der Waals surface area contributed by atoms with Crippen LogP contribution in [0.5, 0.6) is 0 Å². The minimum absolute atomic E-state index is 0.0505. The molecular formula is C20H33N3O2. The van der Waals surface area contributed by atoms with Crippen LogP contribution in [0.1, 0.15) is 28.8 Å². The van der Waals surface area contributed by atoms with Crippen LogP contribution in [0.3, 0.4) is 0 Å². The lowest BCUT2D eigenvalue weighted by molar-refractivity contribution is 0.0271. The highest BCUT2D eigenvalue weighted by Gasteiger charge is 2.26. The summed E-state index contributed by atoms with van der Waals surface area (Å²) in [6.07, 6.45) is 3.68. The molecule has 1 amide bonds. The van der Waals surface area contributed by atoms with E-state index >= 15 is 0 Å². The summed E-state index contributed by atoms with van der Waals surface area (Å²) in [7, 11) is 9.94. The van der Waals surface area contributed by atoms with Gasteiger partial charge in [0, 0.05) is 39.3 Å². The van der Waals surface area contributed by atoms with Gasteiger partial charge in [0.15, 0.2) is 0 Å². The minimum atomic E-state index is 0.0505. The van der Waals surface area contributed by atoms with Gasteiger partial charge in [-0.1, -0.05) is 12.1 Å². The zero-order chi connectivity index (χ0) is 18.4. The van der Waals surface area contributed by atoms with Gasteiger partial charge in [0.1, 0.15) is 0 Å². The first-order valence-corrected chi connectivity index (χ1v) is 9.14. The van der Waals surface area contributed by atoms with Crippen molar-refractivity contribution in [3.63, 3.8) is 0 Å². The summed E-state index contributed by atoms with van der Waals surface area (Å²) in [5.41, 5.74) is 1.93. The maximum absolute atomic E-state index is 12.1. The Bertz CT molecular complexity index is 560. The van der Waals surface area contributed by atoms with Gasteiger partial charge in [0.2, 0.25) is 0 Å². The zero-order valence-corrected chi connectivity index (χ0v) is 16.4. The molecule has 0 N–H and O–H groups in total. The van der Waals surface area contributed by atoms with Crippen molar-refractivity contribution in [3.8, 4) is 0 Å². The highest BCUT2D eigenvalue weighted by molar-refractivity contribution is 5.94. The van der Waals surface area contributed by atoms with Gasteiger partial charge in [-0.3, -0.25) is 4.79 Å². The Balaban J connectivity index is 1.83. The van der Waals surface area contributed by atoms with Crippen molar-refractivity contribution in [1.82, 2.24) is 14.7 Å². The van der Waals surface area contributed by atoms with Gasteiger partial charge in [-0.2, -0.15) is 0 Å². The van der Waals surface area contributed by atoms with E-state index in [0.717, 1.165) is 44.5 Å². The summed E-state index contributed by atoms with van der Waals surface area (Å²) in [4.78, 5) is 18.3. The van der Waals surface area contributed by atoms with Crippen molar-refractivity contribution in [2.24, 2.45) is 0 Å². The number of benzene rings is 1. The van der Waals surface area contributed by atoms with E-state index in [0.29, 0.717) is 6.10 Å². The van der Waals surface area contributed by atoms with Gasteiger partial charge in [-0.15, -0.1) is 0 Å². The van der Waals surface area contributed by atoms with Crippen LogP contribution in [0.15, 0.2) is 24.3 Å². The van der Waals surface area contributed by atoms with Gasteiger partial charge >= 0.3 is 0 Å². The summed E-state index contributed by atoms with van der Waals surface area (Å²) >= 11 is 0. The fraction of sp³-hybridized carbons (Fsp3) is 0.650. The number of likely N-dealkylation sites (N-methyl/N-ethyl adjacent to an activating group) is 2. The van der Waals surface area contributed by atoms with Gasteiger partial charge in [0.25, 0.3) is 5.91 Å². The summed E-state index contributed by atoms with van der Waals surface area (Å²) < 4.78 is 6.24. The van der Waals surface area contributed by atoms with E-state index in [-0.39, 0.29) is 12.0 Å². The van der Waals surface area contributed by atoms with Crippen molar-refractivity contribution in [2.45, 2.75) is 31.5 Å². The van der Waals surface area contributed by atoms with Crippen LogP contribution < -0.4 is 0 Å². The molecule has 1 saturated heterocycles. The molecule has 1 fully saturated rings. The third-order valence-electron chi connectivity index (χ3n) is 4.68. The first-order valence-electron chi connectivity index (χ1n) is 9.14. The van der Waals surface area contributed by atoms with E-state index in [9.17, 15) is 4.79 Å². The molecule has 1 aliphatic rings. The molecule has 5 heteroatoms. The molecule has 0 unspecified atom stereocenters. The number of nitrogens with zero attached hydrogens (tertiary/aromatic N) is 3. The van der Waals surface area contributed by atoms with Crippen LogP contribution in [0.4, 0.5) is 0 Å². The Morgan fingerprint density at radius 1 is 1.08 bits per heavy atom. The monoisotopic (exact) mass is 347 g/mol. The standard InChI is InChI=1S/C20H33N3O2/c1-21(2)11-12-23(5)15-19-10-9-18(25-19)14-16-7-6-8-17(13-16)20(24)22(3)4/h6-8,13,18-19H,9-12,14-15H2,1-5H3/t18-,19+/m0/s1. The van der Waals surface area contributed by atoms with Gasteiger partial charge < -0.3 is 19.4 Å². The molecule has 1 heterocycles.